The summed E-state index contributed by atoms with van der Waals surface area (Å²) in [5.74, 6) is 2.79. The van der Waals surface area contributed by atoms with Gasteiger partial charge in [0.25, 0.3) is 0 Å². The molecule has 0 aromatic heterocycles. The molecular formula is C13H23NO2. The SMILES string of the molecule is CCOC(=O)CCNCC(C1CC1)C1CC1. The summed E-state index contributed by atoms with van der Waals surface area (Å²) in [6.45, 7) is 4.22. The van der Waals surface area contributed by atoms with Gasteiger partial charge in [0.15, 0.2) is 0 Å². The van der Waals surface area contributed by atoms with Gasteiger partial charge in [0.05, 0.1) is 13.0 Å². The van der Waals surface area contributed by atoms with Crippen molar-refractivity contribution in [1.29, 1.82) is 0 Å². The molecule has 0 bridgehead atoms. The molecule has 0 saturated heterocycles. The minimum Gasteiger partial charge on any atom is -0.466 e. The summed E-state index contributed by atoms with van der Waals surface area (Å²) >= 11 is 0. The maximum absolute atomic E-state index is 11.1. The first-order valence-corrected chi connectivity index (χ1v) is 6.67. The van der Waals surface area contributed by atoms with Gasteiger partial charge in [0.2, 0.25) is 0 Å². The molecule has 0 aromatic rings. The Morgan fingerprint density at radius 3 is 2.44 bits per heavy atom. The quantitative estimate of drug-likeness (QED) is 0.507. The molecule has 1 N–H and O–H groups in total. The number of esters is 1. The van der Waals surface area contributed by atoms with Crippen molar-refractivity contribution in [2.24, 2.45) is 17.8 Å². The van der Waals surface area contributed by atoms with Crippen LogP contribution in [0.2, 0.25) is 0 Å². The number of hydrogen-bond acceptors (Lipinski definition) is 3. The van der Waals surface area contributed by atoms with Crippen molar-refractivity contribution in [2.45, 2.75) is 39.0 Å². The third-order valence-electron chi connectivity index (χ3n) is 3.65. The minimum atomic E-state index is -0.0793. The molecular weight excluding hydrogens is 202 g/mol. The summed E-state index contributed by atoms with van der Waals surface area (Å²) < 4.78 is 4.89. The smallest absolute Gasteiger partial charge is 0.307 e. The summed E-state index contributed by atoms with van der Waals surface area (Å²) in [5, 5.41) is 3.42. The lowest BCUT2D eigenvalue weighted by molar-refractivity contribution is -0.142. The Bertz CT molecular complexity index is 222. The second-order valence-corrected chi connectivity index (χ2v) is 5.10. The lowest BCUT2D eigenvalue weighted by Crippen LogP contribution is -2.27. The lowest BCUT2D eigenvalue weighted by Gasteiger charge is -2.15. The second-order valence-electron chi connectivity index (χ2n) is 5.10. The van der Waals surface area contributed by atoms with Crippen LogP contribution in [0.25, 0.3) is 0 Å². The summed E-state index contributed by atoms with van der Waals surface area (Å²) in [7, 11) is 0. The van der Waals surface area contributed by atoms with Gasteiger partial charge in [0.1, 0.15) is 0 Å². The topological polar surface area (TPSA) is 38.3 Å². The zero-order valence-corrected chi connectivity index (χ0v) is 10.2. The van der Waals surface area contributed by atoms with Crippen LogP contribution in [0.15, 0.2) is 0 Å². The molecule has 0 aliphatic heterocycles. The van der Waals surface area contributed by atoms with E-state index in [4.69, 9.17) is 4.74 Å². The average molecular weight is 225 g/mol. The Labute approximate surface area is 97.9 Å². The molecule has 0 atom stereocenters. The fraction of sp³-hybridized carbons (Fsp3) is 0.923. The first kappa shape index (κ1) is 11.9. The zero-order valence-electron chi connectivity index (χ0n) is 10.2. The molecule has 0 aromatic carbocycles. The van der Waals surface area contributed by atoms with Gasteiger partial charge < -0.3 is 10.1 Å². The van der Waals surface area contributed by atoms with E-state index < -0.39 is 0 Å². The van der Waals surface area contributed by atoms with Crippen molar-refractivity contribution < 1.29 is 9.53 Å². The van der Waals surface area contributed by atoms with E-state index in [-0.39, 0.29) is 5.97 Å². The highest BCUT2D eigenvalue weighted by Crippen LogP contribution is 2.48. The normalized spacial score (nSPS) is 20.1. The standard InChI is InChI=1S/C13H23NO2/c1-2-16-13(15)7-8-14-9-12(10-3-4-10)11-5-6-11/h10-12,14H,2-9H2,1H3. The molecule has 0 unspecified atom stereocenters. The van der Waals surface area contributed by atoms with Crippen LogP contribution in [-0.4, -0.2) is 25.7 Å². The number of carbonyl (C=O) groups excluding carboxylic acids is 1. The van der Waals surface area contributed by atoms with Crippen molar-refractivity contribution in [3.63, 3.8) is 0 Å². The van der Waals surface area contributed by atoms with Gasteiger partial charge in [-0.3, -0.25) is 4.79 Å². The van der Waals surface area contributed by atoms with E-state index in [1.54, 1.807) is 0 Å². The lowest BCUT2D eigenvalue weighted by atomic mass is 9.98. The zero-order chi connectivity index (χ0) is 11.4. The van der Waals surface area contributed by atoms with Crippen LogP contribution >= 0.6 is 0 Å². The number of rotatable bonds is 8. The Hall–Kier alpha value is -0.570. The second kappa shape index (κ2) is 5.67. The Balaban J connectivity index is 1.54. The molecule has 2 saturated carbocycles. The maximum atomic E-state index is 11.1. The maximum Gasteiger partial charge on any atom is 0.307 e. The average Bonchev–Trinajstić information content (AvgIpc) is 3.12. The molecule has 0 spiro atoms. The number of hydrogen-bond donors (Lipinski definition) is 1. The molecule has 0 amide bonds. The predicted octanol–water partition coefficient (Wildman–Crippen LogP) is 1.97. The molecule has 2 fully saturated rings. The van der Waals surface area contributed by atoms with Crippen molar-refractivity contribution in [2.75, 3.05) is 19.7 Å². The molecule has 2 aliphatic carbocycles. The minimum absolute atomic E-state index is 0.0793. The van der Waals surface area contributed by atoms with Crippen LogP contribution in [0, 0.1) is 17.8 Å². The van der Waals surface area contributed by atoms with Gasteiger partial charge in [-0.1, -0.05) is 0 Å². The van der Waals surface area contributed by atoms with E-state index in [9.17, 15) is 4.79 Å². The van der Waals surface area contributed by atoms with Gasteiger partial charge >= 0.3 is 5.97 Å². The summed E-state index contributed by atoms with van der Waals surface area (Å²) in [5.41, 5.74) is 0. The van der Waals surface area contributed by atoms with Crippen molar-refractivity contribution in [3.8, 4) is 0 Å². The Morgan fingerprint density at radius 2 is 1.94 bits per heavy atom. The monoisotopic (exact) mass is 225 g/mol. The highest BCUT2D eigenvalue weighted by atomic mass is 16.5. The van der Waals surface area contributed by atoms with Gasteiger partial charge in [-0.05, 0) is 56.9 Å². The van der Waals surface area contributed by atoms with Gasteiger partial charge in [0, 0.05) is 6.54 Å². The first-order valence-electron chi connectivity index (χ1n) is 6.67. The van der Waals surface area contributed by atoms with E-state index in [0.29, 0.717) is 13.0 Å². The highest BCUT2D eigenvalue weighted by Gasteiger charge is 2.40. The van der Waals surface area contributed by atoms with Crippen LogP contribution in [0.3, 0.4) is 0 Å². The van der Waals surface area contributed by atoms with Crippen LogP contribution < -0.4 is 5.32 Å². The molecule has 92 valence electrons. The van der Waals surface area contributed by atoms with E-state index in [2.05, 4.69) is 5.32 Å². The number of nitrogens with one attached hydrogen (secondary N) is 1. The molecule has 0 heterocycles. The third-order valence-corrected chi connectivity index (χ3v) is 3.65. The largest absolute Gasteiger partial charge is 0.466 e. The third kappa shape index (κ3) is 3.78. The fourth-order valence-corrected chi connectivity index (χ4v) is 2.46. The predicted molar refractivity (Wildman–Crippen MR) is 63.1 cm³/mol. The molecule has 2 rings (SSSR count). The van der Waals surface area contributed by atoms with E-state index in [1.807, 2.05) is 6.92 Å². The fourth-order valence-electron chi connectivity index (χ4n) is 2.46. The highest BCUT2D eigenvalue weighted by molar-refractivity contribution is 5.69. The Morgan fingerprint density at radius 1 is 1.31 bits per heavy atom. The van der Waals surface area contributed by atoms with E-state index in [0.717, 1.165) is 30.8 Å². The molecule has 3 heteroatoms. The van der Waals surface area contributed by atoms with Crippen LogP contribution in [0.1, 0.15) is 39.0 Å². The van der Waals surface area contributed by atoms with Crippen molar-refractivity contribution >= 4 is 5.97 Å². The molecule has 3 nitrogen and oxygen atoms in total. The van der Waals surface area contributed by atoms with E-state index in [1.165, 1.54) is 25.7 Å². The molecule has 16 heavy (non-hydrogen) atoms. The summed E-state index contributed by atoms with van der Waals surface area (Å²) in [6.07, 6.45) is 6.23. The van der Waals surface area contributed by atoms with E-state index >= 15 is 0 Å². The van der Waals surface area contributed by atoms with Crippen LogP contribution in [0.4, 0.5) is 0 Å². The summed E-state index contributed by atoms with van der Waals surface area (Å²) in [6, 6.07) is 0. The van der Waals surface area contributed by atoms with Gasteiger partial charge in [-0.2, -0.15) is 0 Å². The Kier molecular flexibility index (Phi) is 4.22. The van der Waals surface area contributed by atoms with Crippen molar-refractivity contribution in [3.05, 3.63) is 0 Å². The van der Waals surface area contributed by atoms with Gasteiger partial charge in [-0.15, -0.1) is 0 Å². The van der Waals surface area contributed by atoms with Crippen LogP contribution in [0.5, 0.6) is 0 Å². The number of carbonyl (C=O) groups is 1. The molecule has 2 aliphatic rings. The number of ether oxygens (including phenoxy) is 1. The first-order chi connectivity index (χ1) is 7.81. The summed E-state index contributed by atoms with van der Waals surface area (Å²) in [4.78, 5) is 11.1. The molecule has 0 radical (unpaired) electrons. The van der Waals surface area contributed by atoms with Crippen molar-refractivity contribution in [1.82, 2.24) is 5.32 Å². The van der Waals surface area contributed by atoms with Gasteiger partial charge in [-0.25, -0.2) is 0 Å². The van der Waals surface area contributed by atoms with Crippen LogP contribution in [-0.2, 0) is 9.53 Å².